The normalized spacial score (nSPS) is 10.3. The third kappa shape index (κ3) is 3.03. The first-order valence-corrected chi connectivity index (χ1v) is 5.97. The van der Waals surface area contributed by atoms with Gasteiger partial charge in [-0.15, -0.1) is 0 Å². The van der Waals surface area contributed by atoms with E-state index in [1.54, 1.807) is 24.3 Å². The van der Waals surface area contributed by atoms with Crippen LogP contribution in [-0.4, -0.2) is 4.92 Å². The predicted molar refractivity (Wildman–Crippen MR) is 71.8 cm³/mol. The van der Waals surface area contributed by atoms with Crippen molar-refractivity contribution in [1.29, 1.82) is 0 Å². The number of nitro groups is 1. The highest BCUT2D eigenvalue weighted by molar-refractivity contribution is 6.31. The summed E-state index contributed by atoms with van der Waals surface area (Å²) in [5, 5.41) is 13.5. The van der Waals surface area contributed by atoms with E-state index in [1.165, 1.54) is 0 Å². The maximum atomic E-state index is 13.6. The van der Waals surface area contributed by atoms with E-state index in [1.807, 2.05) is 0 Å². The van der Waals surface area contributed by atoms with Crippen LogP contribution >= 0.6 is 11.6 Å². The number of anilines is 1. The zero-order valence-electron chi connectivity index (χ0n) is 10.1. The minimum absolute atomic E-state index is 0.103. The second-order valence-corrected chi connectivity index (χ2v) is 4.39. The second kappa shape index (κ2) is 5.83. The van der Waals surface area contributed by atoms with E-state index >= 15 is 0 Å². The van der Waals surface area contributed by atoms with E-state index in [9.17, 15) is 18.9 Å². The van der Waals surface area contributed by atoms with Gasteiger partial charge in [0, 0.05) is 11.6 Å². The van der Waals surface area contributed by atoms with E-state index in [-0.39, 0.29) is 6.54 Å². The standard InChI is InChI=1S/C13H9ClF2N2O2/c14-10-4-2-1-3-8(10)7-17-13-11(15)5-9(18(19)20)6-12(13)16/h1-6,17H,7H2. The molecule has 0 atom stereocenters. The van der Waals surface area contributed by atoms with Gasteiger partial charge in [0.2, 0.25) is 0 Å². The average molecular weight is 299 g/mol. The monoisotopic (exact) mass is 298 g/mol. The van der Waals surface area contributed by atoms with Crippen molar-refractivity contribution < 1.29 is 13.7 Å². The smallest absolute Gasteiger partial charge is 0.275 e. The zero-order chi connectivity index (χ0) is 14.7. The number of nitrogens with zero attached hydrogens (tertiary/aromatic N) is 1. The second-order valence-electron chi connectivity index (χ2n) is 3.99. The summed E-state index contributed by atoms with van der Waals surface area (Å²) >= 11 is 5.92. The number of hydrogen-bond donors (Lipinski definition) is 1. The van der Waals surface area contributed by atoms with Crippen LogP contribution in [0.25, 0.3) is 0 Å². The molecule has 0 spiro atoms. The lowest BCUT2D eigenvalue weighted by Gasteiger charge is -2.09. The number of halogens is 3. The fourth-order valence-corrected chi connectivity index (χ4v) is 1.86. The van der Waals surface area contributed by atoms with Crippen molar-refractivity contribution >= 4 is 23.0 Å². The highest BCUT2D eigenvalue weighted by Gasteiger charge is 2.16. The van der Waals surface area contributed by atoms with Crippen LogP contribution < -0.4 is 5.32 Å². The first kappa shape index (κ1) is 14.2. The van der Waals surface area contributed by atoms with Gasteiger partial charge in [-0.3, -0.25) is 10.1 Å². The van der Waals surface area contributed by atoms with Crippen LogP contribution in [0.2, 0.25) is 5.02 Å². The van der Waals surface area contributed by atoms with Crippen molar-refractivity contribution in [3.8, 4) is 0 Å². The minimum atomic E-state index is -1.02. The SMILES string of the molecule is O=[N+]([O-])c1cc(F)c(NCc2ccccc2Cl)c(F)c1. The van der Waals surface area contributed by atoms with Gasteiger partial charge < -0.3 is 5.32 Å². The molecule has 0 bridgehead atoms. The van der Waals surface area contributed by atoms with Crippen LogP contribution in [-0.2, 0) is 6.54 Å². The summed E-state index contributed by atoms with van der Waals surface area (Å²) in [5.41, 5.74) is -0.398. The van der Waals surface area contributed by atoms with Gasteiger partial charge in [-0.05, 0) is 11.6 Å². The topological polar surface area (TPSA) is 55.2 Å². The third-order valence-electron chi connectivity index (χ3n) is 2.65. The van der Waals surface area contributed by atoms with Gasteiger partial charge in [-0.25, -0.2) is 8.78 Å². The first-order chi connectivity index (χ1) is 9.49. The Hall–Kier alpha value is -2.21. The molecular weight excluding hydrogens is 290 g/mol. The summed E-state index contributed by atoms with van der Waals surface area (Å²) in [6.07, 6.45) is 0. The molecule has 0 saturated carbocycles. The lowest BCUT2D eigenvalue weighted by atomic mass is 10.2. The average Bonchev–Trinajstić information content (AvgIpc) is 2.39. The Kier molecular flexibility index (Phi) is 4.14. The molecule has 0 unspecified atom stereocenters. The summed E-state index contributed by atoms with van der Waals surface area (Å²) in [6, 6.07) is 8.16. The minimum Gasteiger partial charge on any atom is -0.376 e. The van der Waals surface area contributed by atoms with Gasteiger partial charge in [0.15, 0.2) is 11.6 Å². The Morgan fingerprint density at radius 3 is 2.35 bits per heavy atom. The number of benzene rings is 2. The molecule has 2 rings (SSSR count). The summed E-state index contributed by atoms with van der Waals surface area (Å²) < 4.78 is 27.3. The molecule has 7 heteroatoms. The van der Waals surface area contributed by atoms with E-state index in [2.05, 4.69) is 5.32 Å². The van der Waals surface area contributed by atoms with E-state index < -0.39 is 27.9 Å². The Balaban J connectivity index is 2.22. The summed E-state index contributed by atoms with van der Waals surface area (Å²) in [5.74, 6) is -2.05. The molecule has 0 fully saturated rings. The molecule has 2 aromatic rings. The van der Waals surface area contributed by atoms with Crippen LogP contribution in [0.3, 0.4) is 0 Å². The molecule has 0 saturated heterocycles. The number of hydrogen-bond acceptors (Lipinski definition) is 3. The van der Waals surface area contributed by atoms with Gasteiger partial charge >= 0.3 is 0 Å². The molecular formula is C13H9ClF2N2O2. The van der Waals surface area contributed by atoms with Crippen molar-refractivity contribution in [2.75, 3.05) is 5.32 Å². The van der Waals surface area contributed by atoms with Crippen LogP contribution in [0.15, 0.2) is 36.4 Å². The number of rotatable bonds is 4. The van der Waals surface area contributed by atoms with Gasteiger partial charge in [0.05, 0.1) is 17.1 Å². The zero-order valence-corrected chi connectivity index (χ0v) is 10.8. The molecule has 0 aliphatic carbocycles. The van der Waals surface area contributed by atoms with Crippen LogP contribution in [0.4, 0.5) is 20.2 Å². The third-order valence-corrected chi connectivity index (χ3v) is 3.02. The molecule has 0 heterocycles. The molecule has 0 radical (unpaired) electrons. The van der Waals surface area contributed by atoms with Gasteiger partial charge in [0.25, 0.3) is 5.69 Å². The molecule has 0 aliphatic heterocycles. The lowest BCUT2D eigenvalue weighted by molar-refractivity contribution is -0.385. The van der Waals surface area contributed by atoms with Gasteiger partial charge in [0.1, 0.15) is 5.69 Å². The Morgan fingerprint density at radius 2 is 1.80 bits per heavy atom. The van der Waals surface area contributed by atoms with E-state index in [0.29, 0.717) is 22.7 Å². The maximum absolute atomic E-state index is 13.6. The highest BCUT2D eigenvalue weighted by Crippen LogP contribution is 2.26. The molecule has 0 aliphatic rings. The molecule has 0 aromatic heterocycles. The molecule has 2 aromatic carbocycles. The highest BCUT2D eigenvalue weighted by atomic mass is 35.5. The molecule has 1 N–H and O–H groups in total. The van der Waals surface area contributed by atoms with Gasteiger partial charge in [-0.2, -0.15) is 0 Å². The van der Waals surface area contributed by atoms with Crippen LogP contribution in [0.5, 0.6) is 0 Å². The first-order valence-electron chi connectivity index (χ1n) is 5.59. The van der Waals surface area contributed by atoms with Gasteiger partial charge in [-0.1, -0.05) is 29.8 Å². The van der Waals surface area contributed by atoms with E-state index in [4.69, 9.17) is 11.6 Å². The summed E-state index contributed by atoms with van der Waals surface area (Å²) in [4.78, 5) is 9.62. The Morgan fingerprint density at radius 1 is 1.20 bits per heavy atom. The van der Waals surface area contributed by atoms with Crippen molar-refractivity contribution in [2.45, 2.75) is 6.54 Å². The van der Waals surface area contributed by atoms with Crippen molar-refractivity contribution in [3.05, 3.63) is 68.7 Å². The fourth-order valence-electron chi connectivity index (χ4n) is 1.66. The number of non-ortho nitro benzene ring substituents is 1. The molecule has 4 nitrogen and oxygen atoms in total. The molecule has 20 heavy (non-hydrogen) atoms. The summed E-state index contributed by atoms with van der Waals surface area (Å²) in [7, 11) is 0. The largest absolute Gasteiger partial charge is 0.376 e. The fraction of sp³-hybridized carbons (Fsp3) is 0.0769. The predicted octanol–water partition coefficient (Wildman–Crippen LogP) is 4.14. The van der Waals surface area contributed by atoms with Crippen LogP contribution in [0, 0.1) is 21.7 Å². The number of nitro benzene ring substituents is 1. The lowest BCUT2D eigenvalue weighted by Crippen LogP contribution is -2.05. The van der Waals surface area contributed by atoms with Crippen molar-refractivity contribution in [3.63, 3.8) is 0 Å². The Labute approximate surface area is 118 Å². The van der Waals surface area contributed by atoms with Crippen molar-refractivity contribution in [2.24, 2.45) is 0 Å². The summed E-state index contributed by atoms with van der Waals surface area (Å²) in [6.45, 7) is 0.103. The van der Waals surface area contributed by atoms with Crippen LogP contribution in [0.1, 0.15) is 5.56 Å². The quantitative estimate of drug-likeness (QED) is 0.682. The maximum Gasteiger partial charge on any atom is 0.275 e. The van der Waals surface area contributed by atoms with Crippen molar-refractivity contribution in [1.82, 2.24) is 0 Å². The molecule has 104 valence electrons. The van der Waals surface area contributed by atoms with E-state index in [0.717, 1.165) is 0 Å². The molecule has 0 amide bonds. The number of nitrogens with one attached hydrogen (secondary N) is 1. The Bertz CT molecular complexity index is 642.